The van der Waals surface area contributed by atoms with Crippen LogP contribution in [-0.2, 0) is 6.42 Å². The summed E-state index contributed by atoms with van der Waals surface area (Å²) in [6.07, 6.45) is 5.46. The molecule has 2 aromatic rings. The third kappa shape index (κ3) is 2.91. The third-order valence-electron chi connectivity index (χ3n) is 3.98. The molecule has 118 valence electrons. The number of aromatic nitrogens is 4. The quantitative estimate of drug-likeness (QED) is 0.940. The Morgan fingerprint density at radius 2 is 2.18 bits per heavy atom. The maximum atomic E-state index is 5.22. The van der Waals surface area contributed by atoms with Crippen LogP contribution in [0.3, 0.4) is 0 Å². The van der Waals surface area contributed by atoms with Crippen molar-refractivity contribution in [3.05, 3.63) is 29.2 Å². The van der Waals surface area contributed by atoms with Gasteiger partial charge in [-0.05, 0) is 45.6 Å². The van der Waals surface area contributed by atoms with Crippen LogP contribution in [0.25, 0.3) is 0 Å². The van der Waals surface area contributed by atoms with E-state index in [4.69, 9.17) is 9.84 Å². The number of ether oxygens (including phenoxy) is 1. The Morgan fingerprint density at radius 3 is 2.91 bits per heavy atom. The molecule has 0 saturated heterocycles. The minimum absolute atomic E-state index is 0.162. The number of hydrogen-bond acceptors (Lipinski definition) is 5. The van der Waals surface area contributed by atoms with E-state index in [1.165, 1.54) is 5.56 Å². The van der Waals surface area contributed by atoms with Crippen LogP contribution in [-0.4, -0.2) is 26.9 Å². The van der Waals surface area contributed by atoms with Gasteiger partial charge < -0.3 is 10.1 Å². The Bertz CT molecular complexity index is 665. The zero-order valence-electron chi connectivity index (χ0n) is 13.6. The summed E-state index contributed by atoms with van der Waals surface area (Å²) in [7, 11) is 1.62. The van der Waals surface area contributed by atoms with Gasteiger partial charge in [0.15, 0.2) is 0 Å². The molecule has 0 fully saturated rings. The van der Waals surface area contributed by atoms with E-state index in [1.54, 1.807) is 7.11 Å². The monoisotopic (exact) mass is 301 g/mol. The van der Waals surface area contributed by atoms with Gasteiger partial charge in [0, 0.05) is 24.0 Å². The van der Waals surface area contributed by atoms with Crippen molar-refractivity contribution in [3.8, 4) is 5.88 Å². The summed E-state index contributed by atoms with van der Waals surface area (Å²) in [6.45, 7) is 6.24. The summed E-state index contributed by atoms with van der Waals surface area (Å²) in [5.41, 5.74) is 3.35. The molecule has 1 unspecified atom stereocenters. The van der Waals surface area contributed by atoms with Gasteiger partial charge in [0.05, 0.1) is 18.8 Å². The highest BCUT2D eigenvalue weighted by Gasteiger charge is 2.25. The zero-order valence-corrected chi connectivity index (χ0v) is 13.6. The Kier molecular flexibility index (Phi) is 4.00. The first-order chi connectivity index (χ1) is 10.6. The highest BCUT2D eigenvalue weighted by Crippen LogP contribution is 2.31. The third-order valence-corrected chi connectivity index (χ3v) is 3.98. The van der Waals surface area contributed by atoms with Crippen LogP contribution in [0, 0.1) is 6.92 Å². The van der Waals surface area contributed by atoms with Crippen LogP contribution >= 0.6 is 0 Å². The van der Waals surface area contributed by atoms with Crippen molar-refractivity contribution in [3.63, 3.8) is 0 Å². The number of aryl methyl sites for hydroxylation is 2. The predicted molar refractivity (Wildman–Crippen MR) is 85.2 cm³/mol. The van der Waals surface area contributed by atoms with Crippen molar-refractivity contribution in [2.75, 3.05) is 12.4 Å². The van der Waals surface area contributed by atoms with Crippen molar-refractivity contribution < 1.29 is 4.74 Å². The minimum atomic E-state index is 0.162. The molecule has 1 aliphatic rings. The Morgan fingerprint density at radius 1 is 1.36 bits per heavy atom. The first kappa shape index (κ1) is 14.8. The molecule has 0 saturated carbocycles. The average Bonchev–Trinajstić information content (AvgIpc) is 2.92. The van der Waals surface area contributed by atoms with Gasteiger partial charge in [-0.2, -0.15) is 10.1 Å². The number of nitrogens with one attached hydrogen (secondary N) is 1. The van der Waals surface area contributed by atoms with E-state index in [9.17, 15) is 0 Å². The molecule has 6 nitrogen and oxygen atoms in total. The largest absolute Gasteiger partial charge is 0.481 e. The molecule has 1 N–H and O–H groups in total. The van der Waals surface area contributed by atoms with Gasteiger partial charge in [-0.15, -0.1) is 0 Å². The first-order valence-electron chi connectivity index (χ1n) is 7.81. The lowest BCUT2D eigenvalue weighted by atomic mass is 9.94. The fraction of sp³-hybridized carbons (Fsp3) is 0.562. The van der Waals surface area contributed by atoms with Gasteiger partial charge in [0.2, 0.25) is 11.8 Å². The van der Waals surface area contributed by atoms with Crippen molar-refractivity contribution in [2.24, 2.45) is 0 Å². The highest BCUT2D eigenvalue weighted by atomic mass is 16.5. The lowest BCUT2D eigenvalue weighted by Gasteiger charge is -2.22. The molecule has 1 atom stereocenters. The molecule has 2 aromatic heterocycles. The Balaban J connectivity index is 1.87. The normalized spacial score (nSPS) is 17.4. The lowest BCUT2D eigenvalue weighted by Crippen LogP contribution is -2.19. The number of hydrogen-bond donors (Lipinski definition) is 1. The van der Waals surface area contributed by atoms with E-state index in [0.717, 1.165) is 30.7 Å². The maximum absolute atomic E-state index is 5.22. The van der Waals surface area contributed by atoms with E-state index in [2.05, 4.69) is 35.3 Å². The van der Waals surface area contributed by atoms with E-state index < -0.39 is 0 Å². The number of rotatable bonds is 4. The van der Waals surface area contributed by atoms with Crippen molar-refractivity contribution >= 4 is 5.95 Å². The van der Waals surface area contributed by atoms with Gasteiger partial charge in [0.25, 0.3) is 0 Å². The van der Waals surface area contributed by atoms with Crippen molar-refractivity contribution in [1.29, 1.82) is 0 Å². The molecule has 0 amide bonds. The number of fused-ring (bicyclic) bond motifs is 1. The number of nitrogens with zero attached hydrogens (tertiary/aromatic N) is 4. The van der Waals surface area contributed by atoms with Gasteiger partial charge in [-0.1, -0.05) is 0 Å². The topological polar surface area (TPSA) is 64.9 Å². The molecule has 0 bridgehead atoms. The predicted octanol–water partition coefficient (Wildman–Crippen LogP) is 3.06. The van der Waals surface area contributed by atoms with Gasteiger partial charge in [-0.3, -0.25) is 4.68 Å². The van der Waals surface area contributed by atoms with Crippen molar-refractivity contribution in [2.45, 2.75) is 52.1 Å². The molecular formula is C16H23N5O. The average molecular weight is 301 g/mol. The smallest absolute Gasteiger partial charge is 0.226 e. The van der Waals surface area contributed by atoms with Gasteiger partial charge >= 0.3 is 0 Å². The van der Waals surface area contributed by atoms with Crippen LogP contribution < -0.4 is 10.1 Å². The molecule has 0 radical (unpaired) electrons. The summed E-state index contributed by atoms with van der Waals surface area (Å²) >= 11 is 0. The van der Waals surface area contributed by atoms with E-state index in [1.807, 2.05) is 17.7 Å². The molecule has 0 aromatic carbocycles. The molecule has 0 aliphatic heterocycles. The van der Waals surface area contributed by atoms with E-state index in [0.29, 0.717) is 17.9 Å². The fourth-order valence-electron chi connectivity index (χ4n) is 2.83. The lowest BCUT2D eigenvalue weighted by molar-refractivity contribution is 0.396. The Labute approximate surface area is 130 Å². The molecular weight excluding hydrogens is 278 g/mol. The summed E-state index contributed by atoms with van der Waals surface area (Å²) in [4.78, 5) is 8.84. The van der Waals surface area contributed by atoms with Crippen LogP contribution in [0.1, 0.15) is 55.7 Å². The highest BCUT2D eigenvalue weighted by molar-refractivity contribution is 5.36. The maximum Gasteiger partial charge on any atom is 0.226 e. The summed E-state index contributed by atoms with van der Waals surface area (Å²) in [5, 5.41) is 8.19. The second kappa shape index (κ2) is 5.94. The molecule has 0 spiro atoms. The van der Waals surface area contributed by atoms with Crippen LogP contribution in [0.15, 0.2) is 12.3 Å². The molecule has 1 aliphatic carbocycles. The Hall–Kier alpha value is -2.11. The first-order valence-corrected chi connectivity index (χ1v) is 7.81. The molecule has 22 heavy (non-hydrogen) atoms. The van der Waals surface area contributed by atoms with E-state index >= 15 is 0 Å². The van der Waals surface area contributed by atoms with Crippen molar-refractivity contribution in [1.82, 2.24) is 19.7 Å². The van der Waals surface area contributed by atoms with Gasteiger partial charge in [0.1, 0.15) is 0 Å². The molecule has 3 rings (SSSR count). The second-order valence-electron chi connectivity index (χ2n) is 6.08. The zero-order chi connectivity index (χ0) is 15.7. The van der Waals surface area contributed by atoms with Crippen LogP contribution in [0.4, 0.5) is 5.95 Å². The standard InChI is InChI=1S/C16H23N5O/c1-10(2)21-9-12-6-5-7-13(15(12)20-21)18-16-17-11(3)8-14(19-16)22-4/h8-10,13H,5-7H2,1-4H3,(H,17,18,19). The number of anilines is 1. The van der Waals surface area contributed by atoms with Crippen LogP contribution in [0.2, 0.25) is 0 Å². The SMILES string of the molecule is COc1cc(C)nc(NC2CCCc3cn(C(C)C)nc32)n1. The fourth-order valence-corrected chi connectivity index (χ4v) is 2.83. The summed E-state index contributed by atoms with van der Waals surface area (Å²) in [6, 6.07) is 2.36. The van der Waals surface area contributed by atoms with Crippen LogP contribution in [0.5, 0.6) is 5.88 Å². The second-order valence-corrected chi connectivity index (χ2v) is 6.08. The van der Waals surface area contributed by atoms with Gasteiger partial charge in [-0.25, -0.2) is 4.98 Å². The minimum Gasteiger partial charge on any atom is -0.481 e. The summed E-state index contributed by atoms with van der Waals surface area (Å²) in [5.74, 6) is 1.19. The summed E-state index contributed by atoms with van der Waals surface area (Å²) < 4.78 is 7.26. The molecule has 6 heteroatoms. The van der Waals surface area contributed by atoms with E-state index in [-0.39, 0.29) is 6.04 Å². The number of methoxy groups -OCH3 is 1. The molecule has 2 heterocycles.